The second-order valence-electron chi connectivity index (χ2n) is 13.9. The molecule has 0 N–H and O–H groups in total. The van der Waals surface area contributed by atoms with Gasteiger partial charge < -0.3 is 33.3 Å². The molecule has 0 bridgehead atoms. The molecule has 5 aromatic rings. The van der Waals surface area contributed by atoms with Crippen LogP contribution in [0.5, 0.6) is 23.0 Å². The van der Waals surface area contributed by atoms with Crippen molar-refractivity contribution in [2.75, 3.05) is 33.3 Å². The number of benzene rings is 5. The molecule has 0 radical (unpaired) electrons. The van der Waals surface area contributed by atoms with Crippen molar-refractivity contribution in [1.82, 2.24) is 0 Å². The van der Waals surface area contributed by atoms with Gasteiger partial charge in [0.1, 0.15) is 48.4 Å². The third-order valence-corrected chi connectivity index (χ3v) is 9.69. The van der Waals surface area contributed by atoms with Gasteiger partial charge in [-0.2, -0.15) is 0 Å². The summed E-state index contributed by atoms with van der Waals surface area (Å²) in [5.41, 5.74) is 6.78. The quantitative estimate of drug-likeness (QED) is 0.122. The van der Waals surface area contributed by atoms with E-state index in [9.17, 15) is 0 Å². The Morgan fingerprint density at radius 3 is 1.18 bits per heavy atom. The van der Waals surface area contributed by atoms with Crippen molar-refractivity contribution < 1.29 is 28.4 Å². The predicted octanol–water partition coefficient (Wildman–Crippen LogP) is 9.49. The Kier molecular flexibility index (Phi) is 11.2. The van der Waals surface area contributed by atoms with Crippen LogP contribution in [0.15, 0.2) is 121 Å². The molecule has 0 aliphatic carbocycles. The lowest BCUT2D eigenvalue weighted by atomic mass is 9.87. The van der Waals surface area contributed by atoms with E-state index in [1.807, 2.05) is 72.8 Å². The van der Waals surface area contributed by atoms with Gasteiger partial charge in [-0.3, -0.25) is 0 Å². The summed E-state index contributed by atoms with van der Waals surface area (Å²) < 4.78 is 35.5. The van der Waals surface area contributed by atoms with Gasteiger partial charge in [0.15, 0.2) is 0 Å². The molecule has 0 amide bonds. The first kappa shape index (κ1) is 35.8. The first-order chi connectivity index (χ1) is 24.7. The van der Waals surface area contributed by atoms with Crippen LogP contribution in [-0.2, 0) is 28.1 Å². The molecule has 5 aromatic carbocycles. The number of methoxy groups -OCH3 is 4. The Morgan fingerprint density at radius 1 is 0.471 bits per heavy atom. The van der Waals surface area contributed by atoms with Crippen molar-refractivity contribution in [2.24, 2.45) is 0 Å². The van der Waals surface area contributed by atoms with Crippen LogP contribution in [0.2, 0.25) is 0 Å². The Balaban J connectivity index is 1.29. The number of rotatable bonds is 13. The lowest BCUT2D eigenvalue weighted by molar-refractivity contribution is -0.0288. The standard InChI is InChI=1S/C44H49NO6/c1-44(2,3)34-16-18-35(19-17-34)45-40(32-12-24-38(25-13-32)50-28-30-8-20-36(46-4)21-9-30)42(48-6)43(49-7)41(45)33-14-26-39(27-15-33)51-29-31-10-22-37(47-5)23-11-31/h8-27,40-43H,28-29H2,1-7H3/t40-,41-,42-,43-/m1/s1. The molecule has 1 fully saturated rings. The van der Waals surface area contributed by atoms with Gasteiger partial charge in [-0.25, -0.2) is 0 Å². The highest BCUT2D eigenvalue weighted by Gasteiger charge is 2.51. The van der Waals surface area contributed by atoms with Gasteiger partial charge in [-0.15, -0.1) is 0 Å². The smallest absolute Gasteiger partial charge is 0.119 e. The molecule has 0 unspecified atom stereocenters. The van der Waals surface area contributed by atoms with Gasteiger partial charge in [-0.05, 0) is 93.9 Å². The van der Waals surface area contributed by atoms with Crippen molar-refractivity contribution in [1.29, 1.82) is 0 Å². The molecular formula is C44H49NO6. The minimum Gasteiger partial charge on any atom is -0.497 e. The van der Waals surface area contributed by atoms with E-state index in [0.717, 1.165) is 50.9 Å². The fraction of sp³-hybridized carbons (Fsp3) is 0.318. The topological polar surface area (TPSA) is 58.6 Å². The zero-order chi connectivity index (χ0) is 36.0. The minimum atomic E-state index is -0.251. The molecule has 0 spiro atoms. The molecular weight excluding hydrogens is 638 g/mol. The fourth-order valence-corrected chi connectivity index (χ4v) is 6.83. The van der Waals surface area contributed by atoms with Crippen molar-refractivity contribution in [2.45, 2.75) is 63.7 Å². The normalized spacial score (nSPS) is 18.8. The summed E-state index contributed by atoms with van der Waals surface area (Å²) in [4.78, 5) is 2.45. The van der Waals surface area contributed by atoms with E-state index >= 15 is 0 Å². The van der Waals surface area contributed by atoms with E-state index in [1.54, 1.807) is 28.4 Å². The van der Waals surface area contributed by atoms with Crippen molar-refractivity contribution >= 4 is 5.69 Å². The van der Waals surface area contributed by atoms with Crippen LogP contribution in [0.3, 0.4) is 0 Å². The largest absolute Gasteiger partial charge is 0.497 e. The van der Waals surface area contributed by atoms with Crippen LogP contribution >= 0.6 is 0 Å². The molecule has 1 heterocycles. The molecule has 266 valence electrons. The maximum absolute atomic E-state index is 6.30. The summed E-state index contributed by atoms with van der Waals surface area (Å²) in [6, 6.07) is 41.2. The summed E-state index contributed by atoms with van der Waals surface area (Å²) in [6.45, 7) is 7.65. The maximum atomic E-state index is 6.30. The van der Waals surface area contributed by atoms with Gasteiger partial charge >= 0.3 is 0 Å². The molecule has 4 atom stereocenters. The minimum absolute atomic E-state index is 0.0375. The molecule has 1 saturated heterocycles. The Hall–Kier alpha value is -4.98. The third kappa shape index (κ3) is 8.16. The van der Waals surface area contributed by atoms with E-state index in [0.29, 0.717) is 13.2 Å². The van der Waals surface area contributed by atoms with Crippen LogP contribution in [0.25, 0.3) is 0 Å². The number of nitrogens with zero attached hydrogens (tertiary/aromatic N) is 1. The summed E-state index contributed by atoms with van der Waals surface area (Å²) in [5, 5.41) is 0. The average Bonchev–Trinajstić information content (AvgIpc) is 3.51. The van der Waals surface area contributed by atoms with E-state index in [1.165, 1.54) is 5.56 Å². The van der Waals surface area contributed by atoms with Gasteiger partial charge in [0.2, 0.25) is 0 Å². The van der Waals surface area contributed by atoms with Gasteiger partial charge in [-0.1, -0.05) is 81.4 Å². The SMILES string of the molecule is COc1ccc(COc2ccc([C@@H]3[C@@H](OC)[C@H](OC)[C@@H](c4ccc(OCc5ccc(OC)cc5)cc4)N3c3ccc(C(C)(C)C)cc3)cc2)cc1. The monoisotopic (exact) mass is 687 g/mol. The van der Waals surface area contributed by atoms with Gasteiger partial charge in [0.05, 0.1) is 26.3 Å². The molecule has 0 aromatic heterocycles. The highest BCUT2D eigenvalue weighted by atomic mass is 16.5. The number of anilines is 1. The summed E-state index contributed by atoms with van der Waals surface area (Å²) in [7, 11) is 6.88. The van der Waals surface area contributed by atoms with Gasteiger partial charge in [0, 0.05) is 19.9 Å². The number of ether oxygens (including phenoxy) is 6. The molecule has 7 heteroatoms. The lowest BCUT2D eigenvalue weighted by Crippen LogP contribution is -2.31. The number of hydrogen-bond donors (Lipinski definition) is 0. The molecule has 51 heavy (non-hydrogen) atoms. The van der Waals surface area contributed by atoms with Crippen LogP contribution in [0, 0.1) is 0 Å². The zero-order valence-electron chi connectivity index (χ0n) is 30.7. The van der Waals surface area contributed by atoms with Crippen LogP contribution in [0.4, 0.5) is 5.69 Å². The highest BCUT2D eigenvalue weighted by Crippen LogP contribution is 2.50. The van der Waals surface area contributed by atoms with Crippen molar-refractivity contribution in [3.05, 3.63) is 149 Å². The van der Waals surface area contributed by atoms with E-state index < -0.39 is 0 Å². The van der Waals surface area contributed by atoms with Crippen LogP contribution < -0.4 is 23.8 Å². The first-order valence-electron chi connectivity index (χ1n) is 17.4. The summed E-state index contributed by atoms with van der Waals surface area (Å²) in [5.74, 6) is 3.25. The Labute approximate surface area is 302 Å². The second kappa shape index (κ2) is 15.9. The summed E-state index contributed by atoms with van der Waals surface area (Å²) >= 11 is 0. The van der Waals surface area contributed by atoms with E-state index in [2.05, 4.69) is 74.2 Å². The maximum Gasteiger partial charge on any atom is 0.119 e. The van der Waals surface area contributed by atoms with Gasteiger partial charge in [0.25, 0.3) is 0 Å². The first-order valence-corrected chi connectivity index (χ1v) is 17.4. The molecule has 7 nitrogen and oxygen atoms in total. The zero-order valence-corrected chi connectivity index (χ0v) is 30.7. The average molecular weight is 688 g/mol. The Morgan fingerprint density at radius 2 is 0.843 bits per heavy atom. The predicted molar refractivity (Wildman–Crippen MR) is 202 cm³/mol. The molecule has 0 saturated carbocycles. The fourth-order valence-electron chi connectivity index (χ4n) is 6.83. The second-order valence-corrected chi connectivity index (χ2v) is 13.9. The van der Waals surface area contributed by atoms with Crippen molar-refractivity contribution in [3.8, 4) is 23.0 Å². The number of hydrogen-bond acceptors (Lipinski definition) is 7. The third-order valence-electron chi connectivity index (χ3n) is 9.69. The highest BCUT2D eigenvalue weighted by molar-refractivity contribution is 5.57. The lowest BCUT2D eigenvalue weighted by Gasteiger charge is -2.34. The van der Waals surface area contributed by atoms with Crippen molar-refractivity contribution in [3.63, 3.8) is 0 Å². The van der Waals surface area contributed by atoms with Crippen LogP contribution in [0.1, 0.15) is 60.7 Å². The van der Waals surface area contributed by atoms with E-state index in [4.69, 9.17) is 28.4 Å². The van der Waals surface area contributed by atoms with E-state index in [-0.39, 0.29) is 29.7 Å². The molecule has 6 rings (SSSR count). The molecule has 1 aliphatic heterocycles. The Bertz CT molecular complexity index is 1710. The van der Waals surface area contributed by atoms with Crippen LogP contribution in [-0.4, -0.2) is 40.6 Å². The molecule has 1 aliphatic rings. The summed E-state index contributed by atoms with van der Waals surface area (Å²) in [6.07, 6.45) is -0.501.